The van der Waals surface area contributed by atoms with Crippen molar-refractivity contribution in [3.63, 3.8) is 0 Å². The van der Waals surface area contributed by atoms with Crippen LogP contribution in [0, 0.1) is 11.6 Å². The molecule has 37 heavy (non-hydrogen) atoms. The highest BCUT2D eigenvalue weighted by Gasteiger charge is 2.27. The number of halogens is 2. The molecular formula is C25H21F2N5O5. The first kappa shape index (κ1) is 25.2. The van der Waals surface area contributed by atoms with Gasteiger partial charge in [0.05, 0.1) is 17.9 Å². The van der Waals surface area contributed by atoms with Gasteiger partial charge in [-0.1, -0.05) is 36.4 Å². The number of tetrazole rings is 1. The lowest BCUT2D eigenvalue weighted by Gasteiger charge is -2.23. The third-order valence-corrected chi connectivity index (χ3v) is 5.45. The number of aromatic carboxylic acids is 1. The van der Waals surface area contributed by atoms with E-state index in [-0.39, 0.29) is 30.2 Å². The number of carbonyl (C=O) groups excluding carboxylic acids is 1. The normalized spacial score (nSPS) is 10.8. The lowest BCUT2D eigenvalue weighted by atomic mass is 10.1. The molecule has 0 bridgehead atoms. The Hall–Kier alpha value is -4.87. The van der Waals surface area contributed by atoms with Crippen LogP contribution in [0.15, 0.2) is 71.5 Å². The highest BCUT2D eigenvalue weighted by Crippen LogP contribution is 2.30. The number of rotatable bonds is 8. The second kappa shape index (κ2) is 10.8. The Bertz CT molecular complexity index is 1480. The maximum absolute atomic E-state index is 14.2. The van der Waals surface area contributed by atoms with Crippen LogP contribution >= 0.6 is 0 Å². The van der Waals surface area contributed by atoms with Gasteiger partial charge in [-0.3, -0.25) is 4.90 Å². The number of hydrogen-bond acceptors (Lipinski definition) is 6. The van der Waals surface area contributed by atoms with E-state index >= 15 is 0 Å². The maximum atomic E-state index is 14.2. The van der Waals surface area contributed by atoms with Gasteiger partial charge >= 0.3 is 17.7 Å². The van der Waals surface area contributed by atoms with E-state index < -0.39 is 35.0 Å². The molecule has 12 heteroatoms. The molecule has 0 saturated carbocycles. The van der Waals surface area contributed by atoms with Gasteiger partial charge in [0.2, 0.25) is 0 Å². The maximum Gasteiger partial charge on any atom is 0.377 e. The summed E-state index contributed by atoms with van der Waals surface area (Å²) >= 11 is 0. The Morgan fingerprint density at radius 2 is 1.70 bits per heavy atom. The Balaban J connectivity index is 1.68. The predicted octanol–water partition coefficient (Wildman–Crippen LogP) is 3.52. The molecule has 10 nitrogen and oxygen atoms in total. The summed E-state index contributed by atoms with van der Waals surface area (Å²) in [5.74, 6) is -3.19. The monoisotopic (exact) mass is 509 g/mol. The van der Waals surface area contributed by atoms with Crippen LogP contribution in [0.5, 0.6) is 5.75 Å². The smallest absolute Gasteiger partial charge is 0.377 e. The zero-order chi connectivity index (χ0) is 26.5. The number of para-hydroxylation sites is 1. The molecule has 0 aliphatic heterocycles. The van der Waals surface area contributed by atoms with E-state index in [2.05, 4.69) is 10.4 Å². The van der Waals surface area contributed by atoms with E-state index in [1.165, 1.54) is 18.2 Å². The van der Waals surface area contributed by atoms with Crippen LogP contribution in [-0.4, -0.2) is 50.0 Å². The molecular weight excluding hydrogens is 488 g/mol. The van der Waals surface area contributed by atoms with Gasteiger partial charge in [0.25, 0.3) is 0 Å². The zero-order valence-corrected chi connectivity index (χ0v) is 19.5. The standard InChI is InChI=1S/C25H21F2N5O5/c1-2-30(24(35)32-25(36)31(28-29-32)22-18(26)9-6-10-19(22)27)20-15-17(23(33)34)11-12-21(20)37-14-13-16-7-4-3-5-8-16/h3-12,15H,2,13-14H2,1H3,(H,33,34). The van der Waals surface area contributed by atoms with Crippen molar-refractivity contribution in [1.82, 2.24) is 19.8 Å². The van der Waals surface area contributed by atoms with Crippen molar-refractivity contribution in [3.05, 3.63) is 100.0 Å². The van der Waals surface area contributed by atoms with E-state index in [4.69, 9.17) is 4.74 Å². The van der Waals surface area contributed by atoms with Crippen LogP contribution < -0.4 is 15.3 Å². The molecule has 0 unspecified atom stereocenters. The lowest BCUT2D eigenvalue weighted by Crippen LogP contribution is -2.41. The zero-order valence-electron chi connectivity index (χ0n) is 19.5. The topological polar surface area (TPSA) is 120 Å². The van der Waals surface area contributed by atoms with Crippen LogP contribution in [0.4, 0.5) is 19.3 Å². The first-order valence-corrected chi connectivity index (χ1v) is 11.2. The van der Waals surface area contributed by atoms with Gasteiger partial charge in [-0.05, 0) is 53.2 Å². The fourth-order valence-electron chi connectivity index (χ4n) is 3.63. The minimum Gasteiger partial charge on any atom is -0.491 e. The van der Waals surface area contributed by atoms with Gasteiger partial charge in [-0.25, -0.2) is 23.2 Å². The number of amides is 1. The van der Waals surface area contributed by atoms with E-state index in [1.54, 1.807) is 6.92 Å². The fraction of sp³-hybridized carbons (Fsp3) is 0.160. The average molecular weight is 509 g/mol. The predicted molar refractivity (Wildman–Crippen MR) is 128 cm³/mol. The van der Waals surface area contributed by atoms with Crippen LogP contribution in [0.3, 0.4) is 0 Å². The Labute approximate surface area is 208 Å². The molecule has 190 valence electrons. The second-order valence-electron chi connectivity index (χ2n) is 7.75. The second-order valence-corrected chi connectivity index (χ2v) is 7.75. The Morgan fingerprint density at radius 3 is 2.35 bits per heavy atom. The molecule has 0 saturated heterocycles. The largest absolute Gasteiger partial charge is 0.491 e. The molecule has 0 atom stereocenters. The fourth-order valence-corrected chi connectivity index (χ4v) is 3.63. The van der Waals surface area contributed by atoms with Gasteiger partial charge < -0.3 is 9.84 Å². The number of benzene rings is 3. The molecule has 4 aromatic rings. The molecule has 1 aromatic heterocycles. The van der Waals surface area contributed by atoms with Gasteiger partial charge in [-0.15, -0.1) is 4.68 Å². The number of ether oxygens (including phenoxy) is 1. The van der Waals surface area contributed by atoms with Crippen LogP contribution in [0.2, 0.25) is 0 Å². The molecule has 0 aliphatic rings. The van der Waals surface area contributed by atoms with Gasteiger partial charge in [0, 0.05) is 13.0 Å². The molecule has 0 fully saturated rings. The van der Waals surface area contributed by atoms with Crippen molar-refractivity contribution in [2.45, 2.75) is 13.3 Å². The van der Waals surface area contributed by atoms with Gasteiger partial charge in [0.1, 0.15) is 11.4 Å². The first-order valence-electron chi connectivity index (χ1n) is 11.2. The molecule has 4 rings (SSSR count). The van der Waals surface area contributed by atoms with Gasteiger partial charge in [-0.2, -0.15) is 4.68 Å². The summed E-state index contributed by atoms with van der Waals surface area (Å²) < 4.78 is 34.9. The van der Waals surface area contributed by atoms with E-state index in [0.29, 0.717) is 15.8 Å². The van der Waals surface area contributed by atoms with E-state index in [0.717, 1.165) is 28.7 Å². The number of anilines is 1. The van der Waals surface area contributed by atoms with Crippen molar-refractivity contribution in [1.29, 1.82) is 0 Å². The highest BCUT2D eigenvalue weighted by atomic mass is 19.1. The van der Waals surface area contributed by atoms with E-state index in [1.807, 2.05) is 30.3 Å². The van der Waals surface area contributed by atoms with Crippen LogP contribution in [-0.2, 0) is 6.42 Å². The number of hydrogen-bond donors (Lipinski definition) is 1. The molecule has 1 heterocycles. The lowest BCUT2D eigenvalue weighted by molar-refractivity contribution is 0.0696. The minimum atomic E-state index is -1.24. The average Bonchev–Trinajstić information content (AvgIpc) is 3.26. The van der Waals surface area contributed by atoms with Crippen LogP contribution in [0.25, 0.3) is 5.69 Å². The van der Waals surface area contributed by atoms with Gasteiger partial charge in [0.15, 0.2) is 11.6 Å². The summed E-state index contributed by atoms with van der Waals surface area (Å²) in [6.07, 6.45) is 0.545. The Morgan fingerprint density at radius 1 is 1.00 bits per heavy atom. The van der Waals surface area contributed by atoms with Crippen LogP contribution in [0.1, 0.15) is 22.8 Å². The number of nitrogens with zero attached hydrogens (tertiary/aromatic N) is 5. The molecule has 3 aromatic carbocycles. The minimum absolute atomic E-state index is 0.0235. The van der Waals surface area contributed by atoms with E-state index in [9.17, 15) is 28.3 Å². The molecule has 1 amide bonds. The summed E-state index contributed by atoms with van der Waals surface area (Å²) in [5.41, 5.74) is -1.04. The summed E-state index contributed by atoms with van der Waals surface area (Å²) in [6.45, 7) is 1.78. The first-order chi connectivity index (χ1) is 17.8. The summed E-state index contributed by atoms with van der Waals surface area (Å²) in [5, 5.41) is 16.4. The molecule has 0 radical (unpaired) electrons. The van der Waals surface area contributed by atoms with Crippen molar-refractivity contribution in [2.75, 3.05) is 18.1 Å². The van der Waals surface area contributed by atoms with Crippen molar-refractivity contribution in [3.8, 4) is 11.4 Å². The summed E-state index contributed by atoms with van der Waals surface area (Å²) in [6, 6.07) is 15.4. The number of carboxylic acid groups (broad SMARTS) is 1. The van der Waals surface area contributed by atoms with Crippen molar-refractivity contribution < 1.29 is 28.2 Å². The molecule has 0 aliphatic carbocycles. The van der Waals surface area contributed by atoms with Crippen molar-refractivity contribution >= 4 is 17.7 Å². The Kier molecular flexibility index (Phi) is 7.37. The quantitative estimate of drug-likeness (QED) is 0.361. The molecule has 1 N–H and O–H groups in total. The number of carbonyl (C=O) groups is 2. The van der Waals surface area contributed by atoms with Crippen molar-refractivity contribution in [2.24, 2.45) is 0 Å². The summed E-state index contributed by atoms with van der Waals surface area (Å²) in [7, 11) is 0. The third kappa shape index (κ3) is 5.22. The molecule has 0 spiro atoms. The number of carboxylic acids is 1. The number of aromatic nitrogens is 4. The summed E-state index contributed by atoms with van der Waals surface area (Å²) in [4.78, 5) is 38.8. The highest BCUT2D eigenvalue weighted by molar-refractivity contribution is 5.97. The third-order valence-electron chi connectivity index (χ3n) is 5.45. The SMILES string of the molecule is CCN(C(=O)n1nnn(-c2c(F)cccc2F)c1=O)c1cc(C(=O)O)ccc1OCCc1ccccc1.